The van der Waals surface area contributed by atoms with Gasteiger partial charge in [-0.1, -0.05) is 12.1 Å². The fourth-order valence-electron chi connectivity index (χ4n) is 3.99. The highest BCUT2D eigenvalue weighted by Crippen LogP contribution is 2.33. The first kappa shape index (κ1) is 34.5. The van der Waals surface area contributed by atoms with Crippen LogP contribution in [0.3, 0.4) is 0 Å². The molecule has 242 valence electrons. The number of carbonyl (C=O) groups is 4. The van der Waals surface area contributed by atoms with Crippen LogP contribution in [0.15, 0.2) is 88.9 Å². The number of aliphatic carboxylic acids is 2. The van der Waals surface area contributed by atoms with Crippen molar-refractivity contribution < 1.29 is 47.3 Å². The van der Waals surface area contributed by atoms with Gasteiger partial charge in [-0.2, -0.15) is 13.2 Å². The van der Waals surface area contributed by atoms with E-state index in [9.17, 15) is 32.3 Å². The molecule has 0 fully saturated rings. The molecule has 2 aromatic heterocycles. The van der Waals surface area contributed by atoms with Gasteiger partial charge >= 0.3 is 18.1 Å². The molecule has 0 aliphatic heterocycles. The number of nitrogens with zero attached hydrogens (tertiary/aromatic N) is 2. The van der Waals surface area contributed by atoms with E-state index in [0.29, 0.717) is 16.9 Å². The zero-order valence-electron chi connectivity index (χ0n) is 23.8. The molecule has 2 amide bonds. The summed E-state index contributed by atoms with van der Waals surface area (Å²) < 4.78 is 43.7. The molecular weight excluding hydrogens is 661 g/mol. The van der Waals surface area contributed by atoms with Crippen LogP contribution in [0.2, 0.25) is 0 Å². The lowest BCUT2D eigenvalue weighted by molar-refractivity contribution is -0.138. The molecule has 5 rings (SSSR count). The van der Waals surface area contributed by atoms with E-state index in [2.05, 4.69) is 45.9 Å². The van der Waals surface area contributed by atoms with E-state index in [-0.39, 0.29) is 21.7 Å². The molecule has 5 aromatic rings. The Hall–Kier alpha value is -5.35. The summed E-state index contributed by atoms with van der Waals surface area (Å²) >= 11 is 8.33. The van der Waals surface area contributed by atoms with Gasteiger partial charge in [0.2, 0.25) is 0 Å². The van der Waals surface area contributed by atoms with Gasteiger partial charge in [0, 0.05) is 33.0 Å². The first-order valence-electron chi connectivity index (χ1n) is 13.3. The van der Waals surface area contributed by atoms with Gasteiger partial charge in [-0.15, -0.1) is 25.3 Å². The molecule has 0 bridgehead atoms. The Kier molecular flexibility index (Phi) is 10.9. The van der Waals surface area contributed by atoms with Crippen molar-refractivity contribution in [2.75, 3.05) is 13.1 Å². The molecule has 4 N–H and O–H groups in total. The maximum atomic E-state index is 12.6. The van der Waals surface area contributed by atoms with Gasteiger partial charge in [-0.25, -0.2) is 4.98 Å². The molecule has 0 atom stereocenters. The average Bonchev–Trinajstić information content (AvgIpc) is 3.03. The van der Waals surface area contributed by atoms with Gasteiger partial charge in [-0.05, 0) is 65.4 Å². The maximum absolute atomic E-state index is 12.6. The van der Waals surface area contributed by atoms with E-state index in [1.54, 1.807) is 18.3 Å². The van der Waals surface area contributed by atoms with Crippen LogP contribution in [0.4, 0.5) is 13.2 Å². The lowest BCUT2D eigenvalue weighted by atomic mass is 10.1. The molecule has 0 spiro atoms. The third-order valence-corrected chi connectivity index (χ3v) is 6.96. The van der Waals surface area contributed by atoms with Crippen LogP contribution in [0.5, 0.6) is 11.5 Å². The van der Waals surface area contributed by atoms with Crippen molar-refractivity contribution in [3.05, 3.63) is 96.1 Å². The highest BCUT2D eigenvalue weighted by atomic mass is 32.1. The summed E-state index contributed by atoms with van der Waals surface area (Å²) in [5, 5.41) is 23.6. The van der Waals surface area contributed by atoms with Crippen molar-refractivity contribution in [2.24, 2.45) is 0 Å². The summed E-state index contributed by atoms with van der Waals surface area (Å²) in [7, 11) is 0. The summed E-state index contributed by atoms with van der Waals surface area (Å²) in [6.07, 6.45) is -1.82. The number of alkyl halides is 3. The fourth-order valence-corrected chi connectivity index (χ4v) is 4.51. The first-order valence-corrected chi connectivity index (χ1v) is 14.2. The quantitative estimate of drug-likeness (QED) is 0.116. The lowest BCUT2D eigenvalue weighted by Gasteiger charge is -2.10. The molecule has 0 unspecified atom stereocenters. The van der Waals surface area contributed by atoms with Crippen LogP contribution in [-0.4, -0.2) is 57.0 Å². The zero-order chi connectivity index (χ0) is 34.3. The lowest BCUT2D eigenvalue weighted by Crippen LogP contribution is -2.30. The number of halogens is 3. The second-order valence-corrected chi connectivity index (χ2v) is 10.5. The monoisotopic (exact) mass is 684 g/mol. The molecule has 0 saturated carbocycles. The minimum absolute atomic E-state index is 0.0779. The molecule has 3 aromatic carbocycles. The summed E-state index contributed by atoms with van der Waals surface area (Å²) in [5.74, 6) is -2.31. The number of hydrogen-bond donors (Lipinski definition) is 6. The Balaban J connectivity index is 0.000000215. The van der Waals surface area contributed by atoms with E-state index in [4.69, 9.17) is 14.9 Å². The number of carboxylic acids is 2. The second-order valence-electron chi connectivity index (χ2n) is 9.58. The molecule has 0 aliphatic carbocycles. The highest BCUT2D eigenvalue weighted by Gasteiger charge is 2.30. The standard InChI is InChI=1S/C18H14N2O4S.C13H9F3N2O3S/c21-17(22)10-20-18(23)16-8-11-1-2-14(7-12(11)9-19-16)24-13-3-5-15(25)6-4-13;14-13(15,16)7-1-2-8-6(3-7)4-17-10(11(8)22)12(21)18-5-9(19)20/h1-9,25H,10H2,(H,20,23)(H,21,22);1-4,22H,5H2,(H,18,21)(H,19,20). The largest absolute Gasteiger partial charge is 0.480 e. The summed E-state index contributed by atoms with van der Waals surface area (Å²) in [4.78, 5) is 53.3. The molecule has 47 heavy (non-hydrogen) atoms. The molecule has 0 aliphatic rings. The normalized spacial score (nSPS) is 10.9. The van der Waals surface area contributed by atoms with Crippen LogP contribution in [-0.2, 0) is 15.8 Å². The molecule has 2 heterocycles. The van der Waals surface area contributed by atoms with Crippen molar-refractivity contribution in [3.8, 4) is 11.5 Å². The molecule has 0 saturated heterocycles. The van der Waals surface area contributed by atoms with Crippen LogP contribution in [0.25, 0.3) is 21.5 Å². The third kappa shape index (κ3) is 9.34. The predicted octanol–water partition coefficient (Wildman–Crippen LogP) is 5.49. The predicted molar refractivity (Wildman–Crippen MR) is 169 cm³/mol. The average molecular weight is 685 g/mol. The Labute approximate surface area is 274 Å². The number of amides is 2. The summed E-state index contributed by atoms with van der Waals surface area (Å²) in [5.41, 5.74) is -0.832. The topological polar surface area (TPSA) is 168 Å². The van der Waals surface area contributed by atoms with Gasteiger partial charge in [0.15, 0.2) is 0 Å². The van der Waals surface area contributed by atoms with Gasteiger partial charge < -0.3 is 25.6 Å². The summed E-state index contributed by atoms with van der Waals surface area (Å²) in [6, 6.07) is 17.3. The zero-order valence-corrected chi connectivity index (χ0v) is 25.6. The SMILES string of the molecule is O=C(O)CNC(=O)c1cc2ccc(Oc3ccc(S)cc3)cc2cn1.O=C(O)CNC(=O)c1ncc2cc(C(F)(F)F)ccc2c1S. The Morgan fingerprint density at radius 3 is 1.98 bits per heavy atom. The van der Waals surface area contributed by atoms with Crippen molar-refractivity contribution >= 4 is 70.6 Å². The number of aromatic nitrogens is 2. The van der Waals surface area contributed by atoms with E-state index in [0.717, 1.165) is 34.0 Å². The number of thiol groups is 2. The van der Waals surface area contributed by atoms with Crippen LogP contribution >= 0.6 is 25.3 Å². The molecular formula is C31H23F3N4O7S2. The molecule has 11 nitrogen and oxygen atoms in total. The van der Waals surface area contributed by atoms with E-state index >= 15 is 0 Å². The van der Waals surface area contributed by atoms with Crippen molar-refractivity contribution in [1.29, 1.82) is 0 Å². The van der Waals surface area contributed by atoms with Gasteiger partial charge in [0.05, 0.1) is 5.56 Å². The number of rotatable bonds is 8. The maximum Gasteiger partial charge on any atom is 0.416 e. The number of pyridine rings is 2. The van der Waals surface area contributed by atoms with Crippen molar-refractivity contribution in [2.45, 2.75) is 16.0 Å². The molecule has 16 heteroatoms. The third-order valence-electron chi connectivity index (χ3n) is 6.20. The second kappa shape index (κ2) is 14.8. The fraction of sp³-hybridized carbons (Fsp3) is 0.0968. The highest BCUT2D eigenvalue weighted by molar-refractivity contribution is 7.80. The minimum atomic E-state index is -4.48. The van der Waals surface area contributed by atoms with E-state index in [1.807, 2.05) is 36.4 Å². The first-order chi connectivity index (χ1) is 22.2. The van der Waals surface area contributed by atoms with Crippen molar-refractivity contribution in [1.82, 2.24) is 20.6 Å². The van der Waals surface area contributed by atoms with Gasteiger partial charge in [0.25, 0.3) is 11.8 Å². The molecule has 0 radical (unpaired) electrons. The number of fused-ring (bicyclic) bond motifs is 2. The number of hydrogen-bond acceptors (Lipinski definition) is 9. The van der Waals surface area contributed by atoms with Crippen LogP contribution in [0, 0.1) is 0 Å². The Morgan fingerprint density at radius 2 is 1.34 bits per heavy atom. The minimum Gasteiger partial charge on any atom is -0.480 e. The van der Waals surface area contributed by atoms with Crippen LogP contribution in [0.1, 0.15) is 26.5 Å². The van der Waals surface area contributed by atoms with Crippen molar-refractivity contribution in [3.63, 3.8) is 0 Å². The van der Waals surface area contributed by atoms with E-state index in [1.165, 1.54) is 6.07 Å². The Bertz CT molecular complexity index is 1990. The summed E-state index contributed by atoms with van der Waals surface area (Å²) in [6.45, 7) is -1.05. The number of nitrogens with one attached hydrogen (secondary N) is 2. The van der Waals surface area contributed by atoms with Gasteiger partial charge in [0.1, 0.15) is 36.0 Å². The van der Waals surface area contributed by atoms with Gasteiger partial charge in [-0.3, -0.25) is 24.2 Å². The number of carbonyl (C=O) groups excluding carboxylic acids is 2. The number of carboxylic acid groups (broad SMARTS) is 2. The number of benzene rings is 3. The van der Waals surface area contributed by atoms with E-state index < -0.39 is 48.6 Å². The Morgan fingerprint density at radius 1 is 0.723 bits per heavy atom. The smallest absolute Gasteiger partial charge is 0.416 e. The van der Waals surface area contributed by atoms with Crippen LogP contribution < -0.4 is 15.4 Å². The number of ether oxygens (including phenoxy) is 1.